The van der Waals surface area contributed by atoms with Gasteiger partial charge in [0.05, 0.1) is 5.75 Å². The normalized spacial score (nSPS) is 28.8. The van der Waals surface area contributed by atoms with Crippen LogP contribution >= 0.6 is 11.8 Å². The van der Waals surface area contributed by atoms with Gasteiger partial charge in [0.15, 0.2) is 0 Å². The molecule has 0 unspecified atom stereocenters. The predicted molar refractivity (Wildman–Crippen MR) is 73.9 cm³/mol. The molecule has 2 aliphatic carbocycles. The monoisotopic (exact) mass is 280 g/mol. The smallest absolute Gasteiger partial charge is 0.230 e. The van der Waals surface area contributed by atoms with Gasteiger partial charge < -0.3 is 5.32 Å². The van der Waals surface area contributed by atoms with Crippen LogP contribution in [-0.2, 0) is 11.2 Å². The first-order valence-corrected chi connectivity index (χ1v) is 8.06. The Balaban J connectivity index is 1.44. The highest BCUT2D eigenvalue weighted by Crippen LogP contribution is 2.44. The summed E-state index contributed by atoms with van der Waals surface area (Å²) in [6, 6.07) is 0.421. The quantitative estimate of drug-likeness (QED) is 0.806. The predicted octanol–water partition coefficient (Wildman–Crippen LogP) is 1.76. The molecule has 5 nitrogen and oxygen atoms in total. The number of H-pyrrole nitrogens is 1. The molecule has 2 fully saturated rings. The van der Waals surface area contributed by atoms with Crippen molar-refractivity contribution in [3.05, 3.63) is 5.82 Å². The van der Waals surface area contributed by atoms with Crippen molar-refractivity contribution in [3.63, 3.8) is 0 Å². The fourth-order valence-electron chi connectivity index (χ4n) is 3.30. The molecule has 1 aromatic heterocycles. The number of carbonyl (C=O) groups excluding carboxylic acids is 1. The highest BCUT2D eigenvalue weighted by molar-refractivity contribution is 7.99. The Morgan fingerprint density at radius 3 is 3.00 bits per heavy atom. The van der Waals surface area contributed by atoms with Gasteiger partial charge in [-0.05, 0) is 31.1 Å². The summed E-state index contributed by atoms with van der Waals surface area (Å²) < 4.78 is 0. The Morgan fingerprint density at radius 1 is 1.47 bits per heavy atom. The summed E-state index contributed by atoms with van der Waals surface area (Å²) >= 11 is 1.40. The number of hydrogen-bond acceptors (Lipinski definition) is 4. The maximum Gasteiger partial charge on any atom is 0.230 e. The molecule has 2 aliphatic rings. The van der Waals surface area contributed by atoms with Crippen LogP contribution in [-0.4, -0.2) is 32.9 Å². The molecule has 0 spiro atoms. The third kappa shape index (κ3) is 2.94. The molecule has 1 heterocycles. The third-order valence-electron chi connectivity index (χ3n) is 4.26. The van der Waals surface area contributed by atoms with Gasteiger partial charge in [-0.15, -0.1) is 5.10 Å². The van der Waals surface area contributed by atoms with E-state index in [1.54, 1.807) is 0 Å². The number of aryl methyl sites for hydroxylation is 1. The van der Waals surface area contributed by atoms with Gasteiger partial charge in [0.1, 0.15) is 5.82 Å². The minimum Gasteiger partial charge on any atom is -0.352 e. The zero-order valence-electron chi connectivity index (χ0n) is 11.2. The number of nitrogens with zero attached hydrogens (tertiary/aromatic N) is 2. The summed E-state index contributed by atoms with van der Waals surface area (Å²) in [6.07, 6.45) is 6.00. The number of amides is 1. The summed E-state index contributed by atoms with van der Waals surface area (Å²) in [4.78, 5) is 16.2. The number of carbonyl (C=O) groups is 1. The Bertz CT molecular complexity index is 461. The standard InChI is InChI=1S/C13H20N4OS/c1-2-11-15-13(17-16-11)19-7-12(18)14-10-6-8-3-4-9(10)5-8/h8-10H,2-7H2,1H3,(H,14,18)(H,15,16,17)/t8-,9+,10+/m0/s1. The van der Waals surface area contributed by atoms with Gasteiger partial charge in [0.25, 0.3) is 0 Å². The van der Waals surface area contributed by atoms with Crippen LogP contribution in [0, 0.1) is 11.8 Å². The Labute approximate surface area is 117 Å². The van der Waals surface area contributed by atoms with Crippen LogP contribution in [0.4, 0.5) is 0 Å². The first kappa shape index (κ1) is 13.0. The summed E-state index contributed by atoms with van der Waals surface area (Å²) in [5.41, 5.74) is 0. The molecule has 3 rings (SSSR count). The molecular formula is C13H20N4OS. The molecular weight excluding hydrogens is 260 g/mol. The van der Waals surface area contributed by atoms with Crippen molar-refractivity contribution in [2.45, 2.75) is 50.2 Å². The second kappa shape index (κ2) is 5.53. The van der Waals surface area contributed by atoms with E-state index < -0.39 is 0 Å². The number of fused-ring (bicyclic) bond motifs is 2. The average molecular weight is 280 g/mol. The Hall–Kier alpha value is -1.04. The average Bonchev–Trinajstić information content (AvgIpc) is 3.12. The van der Waals surface area contributed by atoms with Crippen LogP contribution in [0.1, 0.15) is 38.4 Å². The minimum atomic E-state index is 0.116. The topological polar surface area (TPSA) is 70.7 Å². The molecule has 1 aromatic rings. The molecule has 1 amide bonds. The van der Waals surface area contributed by atoms with Crippen molar-refractivity contribution in [1.29, 1.82) is 0 Å². The van der Waals surface area contributed by atoms with Crippen molar-refractivity contribution >= 4 is 17.7 Å². The lowest BCUT2D eigenvalue weighted by atomic mass is 9.95. The molecule has 3 atom stereocenters. The van der Waals surface area contributed by atoms with Crippen molar-refractivity contribution in [3.8, 4) is 0 Å². The molecule has 104 valence electrons. The van der Waals surface area contributed by atoms with Crippen molar-refractivity contribution < 1.29 is 4.79 Å². The number of thioether (sulfide) groups is 1. The Morgan fingerprint density at radius 2 is 2.37 bits per heavy atom. The van der Waals surface area contributed by atoms with Crippen LogP contribution in [0.5, 0.6) is 0 Å². The number of aromatic amines is 1. The van der Waals surface area contributed by atoms with Crippen LogP contribution in [0.2, 0.25) is 0 Å². The van der Waals surface area contributed by atoms with Crippen LogP contribution in [0.25, 0.3) is 0 Å². The highest BCUT2D eigenvalue weighted by atomic mass is 32.2. The maximum absolute atomic E-state index is 11.9. The minimum absolute atomic E-state index is 0.116. The largest absolute Gasteiger partial charge is 0.352 e. The van der Waals surface area contributed by atoms with E-state index in [0.29, 0.717) is 17.0 Å². The van der Waals surface area contributed by atoms with Crippen molar-refractivity contribution in [1.82, 2.24) is 20.5 Å². The first-order valence-electron chi connectivity index (χ1n) is 7.08. The van der Waals surface area contributed by atoms with Crippen molar-refractivity contribution in [2.24, 2.45) is 11.8 Å². The number of nitrogens with one attached hydrogen (secondary N) is 2. The lowest BCUT2D eigenvalue weighted by Crippen LogP contribution is -2.39. The van der Waals surface area contributed by atoms with E-state index in [0.717, 1.165) is 24.1 Å². The lowest BCUT2D eigenvalue weighted by molar-refractivity contribution is -0.119. The van der Waals surface area contributed by atoms with Gasteiger partial charge in [-0.25, -0.2) is 4.98 Å². The van der Waals surface area contributed by atoms with E-state index in [2.05, 4.69) is 20.5 Å². The van der Waals surface area contributed by atoms with E-state index in [4.69, 9.17) is 0 Å². The second-order valence-corrected chi connectivity index (χ2v) is 6.50. The fraction of sp³-hybridized carbons (Fsp3) is 0.769. The second-order valence-electron chi connectivity index (χ2n) is 5.56. The van der Waals surface area contributed by atoms with Crippen molar-refractivity contribution in [2.75, 3.05) is 5.75 Å². The summed E-state index contributed by atoms with van der Waals surface area (Å²) in [5.74, 6) is 2.99. The number of hydrogen-bond donors (Lipinski definition) is 2. The molecule has 19 heavy (non-hydrogen) atoms. The maximum atomic E-state index is 11.9. The SMILES string of the molecule is CCc1nc(SCC(=O)N[C@@H]2C[C@H]3CC[C@@H]2C3)n[nH]1. The number of rotatable bonds is 5. The number of aromatic nitrogens is 3. The third-order valence-corrected chi connectivity index (χ3v) is 5.11. The van der Waals surface area contributed by atoms with Gasteiger partial charge in [0, 0.05) is 12.5 Å². The molecule has 0 radical (unpaired) electrons. The van der Waals surface area contributed by atoms with Gasteiger partial charge in [-0.2, -0.15) is 0 Å². The summed E-state index contributed by atoms with van der Waals surface area (Å²) in [5, 5.41) is 10.8. The molecule has 6 heteroatoms. The molecule has 0 aromatic carbocycles. The van der Waals surface area contributed by atoms with E-state index in [1.165, 1.54) is 37.4 Å². The molecule has 2 N–H and O–H groups in total. The van der Waals surface area contributed by atoms with E-state index in [1.807, 2.05) is 6.92 Å². The zero-order chi connectivity index (χ0) is 13.2. The first-order chi connectivity index (χ1) is 9.24. The van der Waals surface area contributed by atoms with Crippen LogP contribution in [0.3, 0.4) is 0 Å². The van der Waals surface area contributed by atoms with Gasteiger partial charge in [-0.3, -0.25) is 9.89 Å². The lowest BCUT2D eigenvalue weighted by Gasteiger charge is -2.22. The van der Waals surface area contributed by atoms with E-state index >= 15 is 0 Å². The van der Waals surface area contributed by atoms with Gasteiger partial charge in [-0.1, -0.05) is 25.1 Å². The molecule has 2 bridgehead atoms. The van der Waals surface area contributed by atoms with E-state index in [9.17, 15) is 4.79 Å². The molecule has 0 saturated heterocycles. The Kier molecular flexibility index (Phi) is 3.77. The molecule has 2 saturated carbocycles. The summed E-state index contributed by atoms with van der Waals surface area (Å²) in [6.45, 7) is 2.02. The fourth-order valence-corrected chi connectivity index (χ4v) is 3.93. The van der Waals surface area contributed by atoms with Crippen LogP contribution in [0.15, 0.2) is 5.16 Å². The van der Waals surface area contributed by atoms with Crippen LogP contribution < -0.4 is 5.32 Å². The molecule has 0 aliphatic heterocycles. The highest BCUT2D eigenvalue weighted by Gasteiger charge is 2.39. The van der Waals surface area contributed by atoms with E-state index in [-0.39, 0.29) is 5.91 Å². The zero-order valence-corrected chi connectivity index (χ0v) is 12.0. The van der Waals surface area contributed by atoms with Gasteiger partial charge in [0.2, 0.25) is 11.1 Å². The summed E-state index contributed by atoms with van der Waals surface area (Å²) in [7, 11) is 0. The van der Waals surface area contributed by atoms with Gasteiger partial charge >= 0.3 is 0 Å².